The Kier molecular flexibility index (Phi) is 5.83. The fourth-order valence-corrected chi connectivity index (χ4v) is 1.89. The van der Waals surface area contributed by atoms with Crippen molar-refractivity contribution >= 4 is 5.91 Å². The number of nitrogens with zero attached hydrogens (tertiary/aromatic N) is 1. The van der Waals surface area contributed by atoms with E-state index in [1.54, 1.807) is 14.2 Å². The van der Waals surface area contributed by atoms with E-state index >= 15 is 0 Å². The van der Waals surface area contributed by atoms with Crippen LogP contribution in [0.5, 0.6) is 5.75 Å². The highest BCUT2D eigenvalue weighted by atomic mass is 16.5. The second kappa shape index (κ2) is 7.14. The summed E-state index contributed by atoms with van der Waals surface area (Å²) in [6.07, 6.45) is 0.714. The molecule has 1 aromatic carbocycles. The number of carbonyl (C=O) groups is 1. The number of rotatable bonds is 6. The SMILES string of the molecule is COc1ccc(C(C)C)cc1CCN(C)C(=O)CO. The monoisotopic (exact) mass is 265 g/mol. The van der Waals surface area contributed by atoms with Gasteiger partial charge in [0.2, 0.25) is 5.91 Å². The lowest BCUT2D eigenvalue weighted by molar-refractivity contribution is -0.132. The normalized spacial score (nSPS) is 10.6. The van der Waals surface area contributed by atoms with Crippen LogP contribution in [0.3, 0.4) is 0 Å². The molecule has 0 saturated heterocycles. The summed E-state index contributed by atoms with van der Waals surface area (Å²) in [7, 11) is 3.34. The zero-order chi connectivity index (χ0) is 14.4. The van der Waals surface area contributed by atoms with E-state index in [9.17, 15) is 4.79 Å². The van der Waals surface area contributed by atoms with E-state index in [0.717, 1.165) is 11.3 Å². The lowest BCUT2D eigenvalue weighted by atomic mass is 9.99. The molecule has 0 spiro atoms. The zero-order valence-corrected chi connectivity index (χ0v) is 12.1. The van der Waals surface area contributed by atoms with E-state index in [1.165, 1.54) is 10.5 Å². The Labute approximate surface area is 115 Å². The number of aliphatic hydroxyl groups is 1. The smallest absolute Gasteiger partial charge is 0.248 e. The highest BCUT2D eigenvalue weighted by Crippen LogP contribution is 2.24. The summed E-state index contributed by atoms with van der Waals surface area (Å²) in [5.41, 5.74) is 2.35. The van der Waals surface area contributed by atoms with Crippen molar-refractivity contribution in [2.24, 2.45) is 0 Å². The van der Waals surface area contributed by atoms with E-state index in [-0.39, 0.29) is 5.91 Å². The Hall–Kier alpha value is -1.55. The van der Waals surface area contributed by atoms with Gasteiger partial charge in [0.05, 0.1) is 7.11 Å². The molecule has 1 aromatic rings. The molecule has 1 amide bonds. The van der Waals surface area contributed by atoms with Gasteiger partial charge in [0.25, 0.3) is 0 Å². The molecular formula is C15H23NO3. The van der Waals surface area contributed by atoms with Crippen LogP contribution in [0.4, 0.5) is 0 Å². The van der Waals surface area contributed by atoms with Crippen LogP contribution >= 0.6 is 0 Å². The number of hydrogen-bond acceptors (Lipinski definition) is 3. The summed E-state index contributed by atoms with van der Waals surface area (Å²) in [6.45, 7) is 4.41. The topological polar surface area (TPSA) is 49.8 Å². The predicted octanol–water partition coefficient (Wildman–Crippen LogP) is 1.81. The van der Waals surface area contributed by atoms with Gasteiger partial charge in [0.1, 0.15) is 12.4 Å². The molecule has 0 fully saturated rings. The van der Waals surface area contributed by atoms with E-state index in [0.29, 0.717) is 18.9 Å². The lowest BCUT2D eigenvalue weighted by Crippen LogP contribution is -2.31. The first-order valence-electron chi connectivity index (χ1n) is 6.51. The molecule has 0 saturated carbocycles. The largest absolute Gasteiger partial charge is 0.496 e. The first-order valence-corrected chi connectivity index (χ1v) is 6.51. The average Bonchev–Trinajstić information content (AvgIpc) is 2.43. The third-order valence-electron chi connectivity index (χ3n) is 3.25. The quantitative estimate of drug-likeness (QED) is 0.853. The van der Waals surface area contributed by atoms with Crippen LogP contribution < -0.4 is 4.74 Å². The van der Waals surface area contributed by atoms with Crippen LogP contribution in [0.25, 0.3) is 0 Å². The third kappa shape index (κ3) is 4.24. The van der Waals surface area contributed by atoms with Gasteiger partial charge in [-0.15, -0.1) is 0 Å². The minimum atomic E-state index is -0.445. The summed E-state index contributed by atoms with van der Waals surface area (Å²) in [5.74, 6) is 1.04. The number of hydrogen-bond donors (Lipinski definition) is 1. The number of methoxy groups -OCH3 is 1. The molecule has 0 aliphatic carbocycles. The van der Waals surface area contributed by atoms with Crippen molar-refractivity contribution in [3.05, 3.63) is 29.3 Å². The standard InChI is InChI=1S/C15H23NO3/c1-11(2)12-5-6-14(19-4)13(9-12)7-8-16(3)15(18)10-17/h5-6,9,11,17H,7-8,10H2,1-4H3. The van der Waals surface area contributed by atoms with Crippen LogP contribution in [-0.2, 0) is 11.2 Å². The fourth-order valence-electron chi connectivity index (χ4n) is 1.89. The highest BCUT2D eigenvalue weighted by molar-refractivity contribution is 5.76. The van der Waals surface area contributed by atoms with Gasteiger partial charge in [-0.25, -0.2) is 0 Å². The molecule has 0 aliphatic rings. The van der Waals surface area contributed by atoms with Gasteiger partial charge >= 0.3 is 0 Å². The molecule has 1 N–H and O–H groups in total. The number of carbonyl (C=O) groups excluding carboxylic acids is 1. The minimum absolute atomic E-state index is 0.265. The summed E-state index contributed by atoms with van der Waals surface area (Å²) < 4.78 is 5.35. The van der Waals surface area contributed by atoms with Gasteiger partial charge < -0.3 is 14.7 Å². The van der Waals surface area contributed by atoms with Gasteiger partial charge in [-0.05, 0) is 29.5 Å². The maximum absolute atomic E-state index is 11.3. The molecule has 0 radical (unpaired) electrons. The molecule has 0 heterocycles. The van der Waals surface area contributed by atoms with Crippen LogP contribution in [0.15, 0.2) is 18.2 Å². The van der Waals surface area contributed by atoms with Crippen molar-refractivity contribution in [2.45, 2.75) is 26.2 Å². The Morgan fingerprint density at radius 3 is 2.63 bits per heavy atom. The second-order valence-corrected chi connectivity index (χ2v) is 4.95. The second-order valence-electron chi connectivity index (χ2n) is 4.95. The van der Waals surface area contributed by atoms with Crippen LogP contribution in [0, 0.1) is 0 Å². The lowest BCUT2D eigenvalue weighted by Gasteiger charge is -2.18. The molecule has 4 nitrogen and oxygen atoms in total. The van der Waals surface area contributed by atoms with E-state index < -0.39 is 6.61 Å². The van der Waals surface area contributed by atoms with Crippen LogP contribution in [0.2, 0.25) is 0 Å². The summed E-state index contributed by atoms with van der Waals surface area (Å²) in [4.78, 5) is 12.8. The Morgan fingerprint density at radius 2 is 2.11 bits per heavy atom. The Balaban J connectivity index is 2.80. The van der Waals surface area contributed by atoms with E-state index in [1.807, 2.05) is 6.07 Å². The van der Waals surface area contributed by atoms with Gasteiger partial charge in [-0.1, -0.05) is 26.0 Å². The first kappa shape index (κ1) is 15.5. The number of amides is 1. The average molecular weight is 265 g/mol. The molecule has 0 bridgehead atoms. The molecule has 4 heteroatoms. The van der Waals surface area contributed by atoms with Gasteiger partial charge in [0, 0.05) is 13.6 Å². The highest BCUT2D eigenvalue weighted by Gasteiger charge is 2.10. The summed E-state index contributed by atoms with van der Waals surface area (Å²) >= 11 is 0. The predicted molar refractivity (Wildman–Crippen MR) is 75.5 cm³/mol. The maximum atomic E-state index is 11.3. The van der Waals surface area contributed by atoms with Crippen LogP contribution in [0.1, 0.15) is 30.9 Å². The number of likely N-dealkylation sites (N-methyl/N-ethyl adjacent to an activating group) is 1. The third-order valence-corrected chi connectivity index (χ3v) is 3.25. The number of ether oxygens (including phenoxy) is 1. The van der Waals surface area contributed by atoms with E-state index in [2.05, 4.69) is 26.0 Å². The van der Waals surface area contributed by atoms with Crippen LogP contribution in [-0.4, -0.2) is 43.2 Å². The molecule has 19 heavy (non-hydrogen) atoms. The molecule has 0 unspecified atom stereocenters. The van der Waals surface area contributed by atoms with E-state index in [4.69, 9.17) is 9.84 Å². The van der Waals surface area contributed by atoms with Crippen molar-refractivity contribution in [1.29, 1.82) is 0 Å². The number of aliphatic hydroxyl groups excluding tert-OH is 1. The Morgan fingerprint density at radius 1 is 1.42 bits per heavy atom. The summed E-state index contributed by atoms with van der Waals surface area (Å²) in [6, 6.07) is 6.16. The molecule has 1 rings (SSSR count). The van der Waals surface area contributed by atoms with Gasteiger partial charge in [0.15, 0.2) is 0 Å². The molecular weight excluding hydrogens is 242 g/mol. The maximum Gasteiger partial charge on any atom is 0.248 e. The van der Waals surface area contributed by atoms with Crippen molar-refractivity contribution in [1.82, 2.24) is 4.90 Å². The van der Waals surface area contributed by atoms with Crippen molar-refractivity contribution in [3.63, 3.8) is 0 Å². The van der Waals surface area contributed by atoms with Crippen molar-refractivity contribution in [2.75, 3.05) is 27.3 Å². The fraction of sp³-hybridized carbons (Fsp3) is 0.533. The zero-order valence-electron chi connectivity index (χ0n) is 12.1. The molecule has 0 aliphatic heterocycles. The number of benzene rings is 1. The summed E-state index contributed by atoms with van der Waals surface area (Å²) in [5, 5.41) is 8.80. The first-order chi connectivity index (χ1) is 8.99. The van der Waals surface area contributed by atoms with Gasteiger partial charge in [-0.2, -0.15) is 0 Å². The minimum Gasteiger partial charge on any atom is -0.496 e. The van der Waals surface area contributed by atoms with Crippen molar-refractivity contribution < 1.29 is 14.6 Å². The molecule has 106 valence electrons. The molecule has 0 atom stereocenters. The molecule has 0 aromatic heterocycles. The Bertz CT molecular complexity index is 429. The van der Waals surface area contributed by atoms with Crippen molar-refractivity contribution in [3.8, 4) is 5.75 Å². The van der Waals surface area contributed by atoms with Gasteiger partial charge in [-0.3, -0.25) is 4.79 Å².